The second kappa shape index (κ2) is 4.66. The summed E-state index contributed by atoms with van der Waals surface area (Å²) >= 11 is 0. The molecular weight excluding hydrogens is 238 g/mol. The van der Waals surface area contributed by atoms with E-state index in [0.717, 1.165) is 0 Å². The molecule has 0 aliphatic rings. The Bertz CT molecular complexity index is 589. The lowest BCUT2D eigenvalue weighted by Crippen LogP contribution is -1.99. The fourth-order valence-electron chi connectivity index (χ4n) is 1.41. The SMILES string of the molecule is COC(=O)c1cnn(-c2ccc([N+](=O)[O-])cc2)c1. The maximum atomic E-state index is 11.2. The van der Waals surface area contributed by atoms with E-state index in [1.54, 1.807) is 12.1 Å². The molecule has 0 radical (unpaired) electrons. The van der Waals surface area contributed by atoms with E-state index in [1.807, 2.05) is 0 Å². The van der Waals surface area contributed by atoms with Crippen molar-refractivity contribution in [3.63, 3.8) is 0 Å². The Morgan fingerprint density at radius 3 is 2.61 bits per heavy atom. The molecule has 0 atom stereocenters. The number of hydrogen-bond acceptors (Lipinski definition) is 5. The highest BCUT2D eigenvalue weighted by atomic mass is 16.6. The van der Waals surface area contributed by atoms with Gasteiger partial charge in [-0.2, -0.15) is 5.10 Å². The van der Waals surface area contributed by atoms with Crippen molar-refractivity contribution in [2.45, 2.75) is 0 Å². The van der Waals surface area contributed by atoms with E-state index in [2.05, 4.69) is 9.84 Å². The van der Waals surface area contributed by atoms with Crippen molar-refractivity contribution in [1.29, 1.82) is 0 Å². The molecule has 7 nitrogen and oxygen atoms in total. The number of methoxy groups -OCH3 is 1. The highest BCUT2D eigenvalue weighted by molar-refractivity contribution is 5.88. The molecule has 92 valence electrons. The molecule has 1 aromatic heterocycles. The number of carbonyl (C=O) groups is 1. The van der Waals surface area contributed by atoms with Gasteiger partial charge < -0.3 is 4.74 Å². The van der Waals surface area contributed by atoms with E-state index in [4.69, 9.17) is 0 Å². The van der Waals surface area contributed by atoms with Crippen LogP contribution >= 0.6 is 0 Å². The zero-order valence-electron chi connectivity index (χ0n) is 9.44. The van der Waals surface area contributed by atoms with Crippen molar-refractivity contribution >= 4 is 11.7 Å². The lowest BCUT2D eigenvalue weighted by Gasteiger charge is -1.99. The smallest absolute Gasteiger partial charge is 0.341 e. The summed E-state index contributed by atoms with van der Waals surface area (Å²) in [7, 11) is 1.28. The van der Waals surface area contributed by atoms with Crippen molar-refractivity contribution in [2.24, 2.45) is 0 Å². The Labute approximate surface area is 102 Å². The van der Waals surface area contributed by atoms with Gasteiger partial charge >= 0.3 is 5.97 Å². The Morgan fingerprint density at radius 2 is 2.06 bits per heavy atom. The van der Waals surface area contributed by atoms with Gasteiger partial charge in [-0.05, 0) is 12.1 Å². The van der Waals surface area contributed by atoms with Crippen LogP contribution in [0.25, 0.3) is 5.69 Å². The molecule has 0 fully saturated rings. The van der Waals surface area contributed by atoms with Crippen LogP contribution in [0, 0.1) is 10.1 Å². The fraction of sp³-hybridized carbons (Fsp3) is 0.0909. The van der Waals surface area contributed by atoms with Gasteiger partial charge in [0.2, 0.25) is 0 Å². The second-order valence-electron chi connectivity index (χ2n) is 3.44. The average molecular weight is 247 g/mol. The lowest BCUT2D eigenvalue weighted by atomic mass is 10.3. The molecule has 1 heterocycles. The highest BCUT2D eigenvalue weighted by Gasteiger charge is 2.10. The molecule has 0 N–H and O–H groups in total. The average Bonchev–Trinajstić information content (AvgIpc) is 2.87. The monoisotopic (exact) mass is 247 g/mol. The van der Waals surface area contributed by atoms with Gasteiger partial charge in [0.05, 0.1) is 29.5 Å². The van der Waals surface area contributed by atoms with E-state index >= 15 is 0 Å². The number of nitrogens with zero attached hydrogens (tertiary/aromatic N) is 3. The zero-order chi connectivity index (χ0) is 13.1. The highest BCUT2D eigenvalue weighted by Crippen LogP contribution is 2.15. The first-order valence-corrected chi connectivity index (χ1v) is 4.99. The molecular formula is C11H9N3O4. The van der Waals surface area contributed by atoms with E-state index in [9.17, 15) is 14.9 Å². The number of rotatable bonds is 3. The first-order valence-electron chi connectivity index (χ1n) is 4.99. The summed E-state index contributed by atoms with van der Waals surface area (Å²) in [6, 6.07) is 5.84. The Morgan fingerprint density at radius 1 is 1.39 bits per heavy atom. The molecule has 0 saturated heterocycles. The van der Waals surface area contributed by atoms with Crippen molar-refractivity contribution in [3.8, 4) is 5.69 Å². The van der Waals surface area contributed by atoms with Crippen LogP contribution in [0.15, 0.2) is 36.7 Å². The third-order valence-electron chi connectivity index (χ3n) is 2.33. The van der Waals surface area contributed by atoms with Crippen LogP contribution in [0.2, 0.25) is 0 Å². The second-order valence-corrected chi connectivity index (χ2v) is 3.44. The van der Waals surface area contributed by atoms with Gasteiger partial charge in [-0.25, -0.2) is 9.48 Å². The van der Waals surface area contributed by atoms with Gasteiger partial charge in [0.1, 0.15) is 0 Å². The van der Waals surface area contributed by atoms with Crippen LogP contribution in [-0.4, -0.2) is 27.8 Å². The van der Waals surface area contributed by atoms with E-state index in [1.165, 1.54) is 36.3 Å². The van der Waals surface area contributed by atoms with Crippen molar-refractivity contribution < 1.29 is 14.5 Å². The normalized spacial score (nSPS) is 10.1. The van der Waals surface area contributed by atoms with E-state index in [-0.39, 0.29) is 5.69 Å². The number of hydrogen-bond donors (Lipinski definition) is 0. The summed E-state index contributed by atoms with van der Waals surface area (Å²) in [5.74, 6) is -0.483. The molecule has 0 aliphatic carbocycles. The molecule has 7 heteroatoms. The molecule has 2 rings (SSSR count). The number of non-ortho nitro benzene ring substituents is 1. The molecule has 0 spiro atoms. The molecule has 0 unspecified atom stereocenters. The number of benzene rings is 1. The molecule has 1 aromatic carbocycles. The van der Waals surface area contributed by atoms with Gasteiger partial charge in [0, 0.05) is 18.3 Å². The minimum absolute atomic E-state index is 0.000836. The van der Waals surface area contributed by atoms with Crippen LogP contribution in [0.1, 0.15) is 10.4 Å². The van der Waals surface area contributed by atoms with Gasteiger partial charge in [-0.1, -0.05) is 0 Å². The molecule has 0 amide bonds. The number of esters is 1. The third-order valence-corrected chi connectivity index (χ3v) is 2.33. The minimum Gasteiger partial charge on any atom is -0.465 e. The summed E-state index contributed by atoms with van der Waals surface area (Å²) in [5, 5.41) is 14.5. The number of aromatic nitrogens is 2. The molecule has 0 saturated carbocycles. The van der Waals surface area contributed by atoms with Gasteiger partial charge in [-0.15, -0.1) is 0 Å². The maximum absolute atomic E-state index is 11.2. The number of carbonyl (C=O) groups excluding carboxylic acids is 1. The van der Waals surface area contributed by atoms with Crippen molar-refractivity contribution in [1.82, 2.24) is 9.78 Å². The summed E-state index contributed by atoms with van der Waals surface area (Å²) in [6.07, 6.45) is 2.86. The van der Waals surface area contributed by atoms with Crippen LogP contribution in [0.4, 0.5) is 5.69 Å². The molecule has 2 aromatic rings. The quantitative estimate of drug-likeness (QED) is 0.466. The van der Waals surface area contributed by atoms with Crippen LogP contribution < -0.4 is 0 Å². The van der Waals surface area contributed by atoms with Crippen molar-refractivity contribution in [2.75, 3.05) is 7.11 Å². The summed E-state index contributed by atoms with van der Waals surface area (Å²) in [5.41, 5.74) is 0.936. The lowest BCUT2D eigenvalue weighted by molar-refractivity contribution is -0.384. The molecule has 0 aliphatic heterocycles. The molecule has 0 bridgehead atoms. The first-order chi connectivity index (χ1) is 8.61. The fourth-order valence-corrected chi connectivity index (χ4v) is 1.41. The van der Waals surface area contributed by atoms with Crippen LogP contribution in [0.3, 0.4) is 0 Å². The van der Waals surface area contributed by atoms with Crippen molar-refractivity contribution in [3.05, 3.63) is 52.3 Å². The molecule has 18 heavy (non-hydrogen) atoms. The summed E-state index contributed by atoms with van der Waals surface area (Å²) < 4.78 is 5.99. The predicted octanol–water partition coefficient (Wildman–Crippen LogP) is 1.57. The zero-order valence-corrected chi connectivity index (χ0v) is 9.44. The Hall–Kier alpha value is -2.70. The number of nitro benzene ring substituents is 1. The topological polar surface area (TPSA) is 87.3 Å². The van der Waals surface area contributed by atoms with Gasteiger partial charge in [0.15, 0.2) is 0 Å². The maximum Gasteiger partial charge on any atom is 0.341 e. The Kier molecular flexibility index (Phi) is 3.05. The first kappa shape index (κ1) is 11.8. The van der Waals surface area contributed by atoms with Gasteiger partial charge in [-0.3, -0.25) is 10.1 Å². The predicted molar refractivity (Wildman–Crippen MR) is 61.6 cm³/mol. The van der Waals surface area contributed by atoms with E-state index in [0.29, 0.717) is 11.3 Å². The van der Waals surface area contributed by atoms with Gasteiger partial charge in [0.25, 0.3) is 5.69 Å². The largest absolute Gasteiger partial charge is 0.465 e. The minimum atomic E-state index is -0.483. The van der Waals surface area contributed by atoms with Crippen LogP contribution in [-0.2, 0) is 4.74 Å². The number of nitro groups is 1. The van der Waals surface area contributed by atoms with Crippen LogP contribution in [0.5, 0.6) is 0 Å². The summed E-state index contributed by atoms with van der Waals surface area (Å²) in [4.78, 5) is 21.3. The Balaban J connectivity index is 2.29. The number of ether oxygens (including phenoxy) is 1. The summed E-state index contributed by atoms with van der Waals surface area (Å²) in [6.45, 7) is 0. The van der Waals surface area contributed by atoms with E-state index < -0.39 is 10.9 Å². The third kappa shape index (κ3) is 2.19. The standard InChI is InChI=1S/C11H9N3O4/c1-18-11(15)8-6-12-13(7-8)9-2-4-10(5-3-9)14(16)17/h2-7H,1H3.